The van der Waals surface area contributed by atoms with Gasteiger partial charge in [-0.25, -0.2) is 0 Å². The number of nitrogens with one attached hydrogen (secondary N) is 1. The van der Waals surface area contributed by atoms with Gasteiger partial charge in [-0.05, 0) is 12.1 Å². The van der Waals surface area contributed by atoms with Gasteiger partial charge in [0.2, 0.25) is 0 Å². The van der Waals surface area contributed by atoms with Gasteiger partial charge in [0.15, 0.2) is 7.95 Å². The van der Waals surface area contributed by atoms with E-state index in [0.29, 0.717) is 5.30 Å². The molecule has 1 atom stereocenters. The number of nitro groups is 1. The fraction of sp³-hybridized carbons (Fsp3) is 0.250. The van der Waals surface area contributed by atoms with Crippen LogP contribution in [-0.2, 0) is 4.57 Å². The van der Waals surface area contributed by atoms with Crippen LogP contribution in [-0.4, -0.2) is 23.2 Å². The largest absolute Gasteiger partial charge is 0.395 e. The van der Waals surface area contributed by atoms with Crippen LogP contribution < -0.4 is 10.4 Å². The Morgan fingerprint density at radius 2 is 2.00 bits per heavy atom. The highest BCUT2D eigenvalue weighted by Crippen LogP contribution is 2.16. The monoisotopic (exact) mass is 230 g/mol. The molecule has 0 aliphatic rings. The minimum absolute atomic E-state index is 0.0318. The molecule has 2 N–H and O–H groups in total. The van der Waals surface area contributed by atoms with Crippen molar-refractivity contribution in [3.05, 3.63) is 34.4 Å². The van der Waals surface area contributed by atoms with Gasteiger partial charge in [0, 0.05) is 24.0 Å². The predicted molar refractivity (Wildman–Crippen MR) is 56.8 cm³/mol. The number of hydrogen-bond donors (Lipinski definition) is 2. The third-order valence-corrected chi connectivity index (χ3v) is 3.17. The summed E-state index contributed by atoms with van der Waals surface area (Å²) in [5.41, 5.74) is -0.0318. The molecule has 1 aromatic carbocycles. The summed E-state index contributed by atoms with van der Waals surface area (Å²) in [6.45, 7) is 0.151. The summed E-state index contributed by atoms with van der Waals surface area (Å²) in [7, 11) is -2.15. The SMILES string of the molecule is O=[N+]([O-])c1ccc([PH](=O)NCCO)cc1. The number of aliphatic hydroxyl groups excluding tert-OH is 1. The molecule has 1 unspecified atom stereocenters. The number of benzene rings is 1. The zero-order chi connectivity index (χ0) is 11.3. The highest BCUT2D eigenvalue weighted by atomic mass is 31.1. The molecule has 0 aliphatic carbocycles. The van der Waals surface area contributed by atoms with Crippen LogP contribution in [0.15, 0.2) is 24.3 Å². The molecule has 0 amide bonds. The van der Waals surface area contributed by atoms with Crippen molar-refractivity contribution in [1.29, 1.82) is 0 Å². The molecule has 0 radical (unpaired) electrons. The van der Waals surface area contributed by atoms with Gasteiger partial charge in [-0.1, -0.05) is 0 Å². The Bertz CT molecular complexity index is 365. The number of nitro benzene ring substituents is 1. The minimum atomic E-state index is -2.15. The average Bonchev–Trinajstić information content (AvgIpc) is 2.26. The molecule has 7 heteroatoms. The van der Waals surface area contributed by atoms with Crippen LogP contribution in [0.3, 0.4) is 0 Å². The van der Waals surface area contributed by atoms with E-state index in [9.17, 15) is 14.7 Å². The van der Waals surface area contributed by atoms with Gasteiger partial charge in [0.05, 0.1) is 11.5 Å². The lowest BCUT2D eigenvalue weighted by Crippen LogP contribution is -2.14. The molecule has 0 bridgehead atoms. The van der Waals surface area contributed by atoms with E-state index in [2.05, 4.69) is 5.09 Å². The van der Waals surface area contributed by atoms with E-state index in [0.717, 1.165) is 0 Å². The summed E-state index contributed by atoms with van der Waals surface area (Å²) >= 11 is 0. The van der Waals surface area contributed by atoms with Crippen LogP contribution in [0.4, 0.5) is 5.69 Å². The second kappa shape index (κ2) is 5.60. The second-order valence-electron chi connectivity index (χ2n) is 2.78. The maximum absolute atomic E-state index is 11.5. The third-order valence-electron chi connectivity index (χ3n) is 1.74. The molecule has 0 fully saturated rings. The Labute approximate surface area is 86.9 Å². The molecule has 0 saturated heterocycles. The predicted octanol–water partition coefficient (Wildman–Crippen LogP) is 0.277. The average molecular weight is 230 g/mol. The van der Waals surface area contributed by atoms with Crippen molar-refractivity contribution in [1.82, 2.24) is 5.09 Å². The van der Waals surface area contributed by atoms with Crippen molar-refractivity contribution in [2.75, 3.05) is 13.2 Å². The molecule has 1 rings (SSSR count). The summed E-state index contributed by atoms with van der Waals surface area (Å²) < 4.78 is 11.5. The lowest BCUT2D eigenvalue weighted by Gasteiger charge is -2.02. The lowest BCUT2D eigenvalue weighted by atomic mass is 10.3. The fourth-order valence-electron chi connectivity index (χ4n) is 1.01. The van der Waals surface area contributed by atoms with E-state index in [1.165, 1.54) is 24.3 Å². The van der Waals surface area contributed by atoms with Gasteiger partial charge >= 0.3 is 0 Å². The van der Waals surface area contributed by atoms with Gasteiger partial charge < -0.3 is 9.67 Å². The third kappa shape index (κ3) is 3.43. The van der Waals surface area contributed by atoms with Gasteiger partial charge in [-0.3, -0.25) is 15.2 Å². The van der Waals surface area contributed by atoms with E-state index in [1.54, 1.807) is 0 Å². The Morgan fingerprint density at radius 1 is 1.40 bits per heavy atom. The van der Waals surface area contributed by atoms with Crippen molar-refractivity contribution >= 4 is 18.9 Å². The van der Waals surface area contributed by atoms with Crippen LogP contribution in [0.1, 0.15) is 0 Å². The fourth-order valence-corrected chi connectivity index (χ4v) is 2.02. The van der Waals surface area contributed by atoms with E-state index in [4.69, 9.17) is 5.11 Å². The van der Waals surface area contributed by atoms with Gasteiger partial charge in [-0.15, -0.1) is 0 Å². The van der Waals surface area contributed by atoms with E-state index >= 15 is 0 Å². The molecule has 15 heavy (non-hydrogen) atoms. The highest BCUT2D eigenvalue weighted by Gasteiger charge is 2.07. The minimum Gasteiger partial charge on any atom is -0.395 e. The number of non-ortho nitro benzene ring substituents is 1. The molecule has 82 valence electrons. The first kappa shape index (κ1) is 11.8. The zero-order valence-electron chi connectivity index (χ0n) is 7.84. The molecule has 0 aromatic heterocycles. The van der Waals surface area contributed by atoms with Crippen LogP contribution in [0.25, 0.3) is 0 Å². The first-order chi connectivity index (χ1) is 7.15. The Kier molecular flexibility index (Phi) is 4.42. The first-order valence-electron chi connectivity index (χ1n) is 4.28. The molecule has 6 nitrogen and oxygen atoms in total. The van der Waals surface area contributed by atoms with Crippen molar-refractivity contribution < 1.29 is 14.6 Å². The van der Waals surface area contributed by atoms with E-state index < -0.39 is 12.9 Å². The smallest absolute Gasteiger partial charge is 0.269 e. The Morgan fingerprint density at radius 3 is 2.47 bits per heavy atom. The summed E-state index contributed by atoms with van der Waals surface area (Å²) in [6, 6.07) is 5.50. The zero-order valence-corrected chi connectivity index (χ0v) is 8.84. The van der Waals surface area contributed by atoms with Crippen molar-refractivity contribution in [2.45, 2.75) is 0 Å². The number of nitrogens with zero attached hydrogens (tertiary/aromatic N) is 1. The summed E-state index contributed by atoms with van der Waals surface area (Å²) in [4.78, 5) is 9.83. The van der Waals surface area contributed by atoms with Gasteiger partial charge in [0.25, 0.3) is 5.69 Å². The second-order valence-corrected chi connectivity index (χ2v) is 4.37. The summed E-state index contributed by atoms with van der Waals surface area (Å²) in [5.74, 6) is 0. The molecule has 0 aliphatic heterocycles. The normalized spacial score (nSPS) is 12.3. The highest BCUT2D eigenvalue weighted by molar-refractivity contribution is 7.51. The van der Waals surface area contributed by atoms with E-state index in [-0.39, 0.29) is 18.8 Å². The van der Waals surface area contributed by atoms with Crippen LogP contribution >= 0.6 is 7.95 Å². The van der Waals surface area contributed by atoms with Crippen LogP contribution in [0.2, 0.25) is 0 Å². The molecular weight excluding hydrogens is 219 g/mol. The maximum atomic E-state index is 11.5. The molecule has 1 aromatic rings. The molecule has 0 spiro atoms. The Balaban J connectivity index is 2.71. The number of hydrogen-bond acceptors (Lipinski definition) is 4. The van der Waals surface area contributed by atoms with Crippen molar-refractivity contribution in [3.63, 3.8) is 0 Å². The number of rotatable bonds is 5. The Hall–Kier alpha value is -1.23. The summed E-state index contributed by atoms with van der Waals surface area (Å²) in [5, 5.41) is 22.0. The topological polar surface area (TPSA) is 92.5 Å². The molecular formula is C8H11N2O4P. The van der Waals surface area contributed by atoms with Gasteiger partial charge in [-0.2, -0.15) is 0 Å². The maximum Gasteiger partial charge on any atom is 0.269 e. The molecule has 0 heterocycles. The van der Waals surface area contributed by atoms with Crippen molar-refractivity contribution in [2.24, 2.45) is 0 Å². The van der Waals surface area contributed by atoms with Crippen LogP contribution in [0.5, 0.6) is 0 Å². The quantitative estimate of drug-likeness (QED) is 0.430. The molecule has 0 saturated carbocycles. The van der Waals surface area contributed by atoms with Crippen LogP contribution in [0, 0.1) is 10.1 Å². The standard InChI is InChI=1S/C8H11N2O4P/c11-6-5-9-15(14)8-3-1-7(2-4-8)10(12)13/h1-4,11,15H,5-6H2,(H,9,14). The number of aliphatic hydroxyl groups is 1. The first-order valence-corrected chi connectivity index (χ1v) is 5.69. The summed E-state index contributed by atoms with van der Waals surface area (Å²) in [6.07, 6.45) is 0. The lowest BCUT2D eigenvalue weighted by molar-refractivity contribution is -0.384. The van der Waals surface area contributed by atoms with Gasteiger partial charge in [0.1, 0.15) is 0 Å². The van der Waals surface area contributed by atoms with E-state index in [1.807, 2.05) is 0 Å². The van der Waals surface area contributed by atoms with Crippen molar-refractivity contribution in [3.8, 4) is 0 Å².